The number of benzene rings is 1. The smallest absolute Gasteiger partial charge is 0.387 e. The lowest BCUT2D eigenvalue weighted by molar-refractivity contribution is -0.385. The number of nitrogens with one attached hydrogen (secondary N) is 1. The van der Waals surface area contributed by atoms with Crippen LogP contribution < -0.4 is 14.8 Å². The zero-order chi connectivity index (χ0) is 20.8. The highest BCUT2D eigenvalue weighted by Gasteiger charge is 2.26. The normalized spacial score (nSPS) is 13.9. The number of carbonyl (C=O) groups is 1. The number of carboxylic acid groups (broad SMARTS) is 1. The van der Waals surface area contributed by atoms with Crippen LogP contribution in [0.4, 0.5) is 14.5 Å². The van der Waals surface area contributed by atoms with Crippen molar-refractivity contribution >= 4 is 11.7 Å². The molecular formula is C15H20F2N2O8. The molecule has 0 saturated heterocycles. The Morgan fingerprint density at radius 2 is 2.00 bits per heavy atom. The first-order valence-electron chi connectivity index (χ1n) is 7.60. The van der Waals surface area contributed by atoms with E-state index < -0.39 is 59.4 Å². The van der Waals surface area contributed by atoms with Gasteiger partial charge in [-0.1, -0.05) is 0 Å². The Hall–Kier alpha value is -2.57. The maximum Gasteiger partial charge on any atom is 0.387 e. The lowest BCUT2D eigenvalue weighted by Gasteiger charge is -2.26. The highest BCUT2D eigenvalue weighted by molar-refractivity contribution is 5.73. The number of carboxylic acids is 1. The number of halogens is 2. The van der Waals surface area contributed by atoms with E-state index in [0.29, 0.717) is 0 Å². The third-order valence-electron chi connectivity index (χ3n) is 2.87. The molecule has 27 heavy (non-hydrogen) atoms. The van der Waals surface area contributed by atoms with Gasteiger partial charge in [-0.15, -0.1) is 0 Å². The fourth-order valence-corrected chi connectivity index (χ4v) is 1.84. The van der Waals surface area contributed by atoms with Crippen LogP contribution in [0.5, 0.6) is 11.5 Å². The third-order valence-corrected chi connectivity index (χ3v) is 2.87. The summed E-state index contributed by atoms with van der Waals surface area (Å²) in [6, 6.07) is 1.16. The van der Waals surface area contributed by atoms with Crippen molar-refractivity contribution < 1.29 is 42.9 Å². The Labute approximate surface area is 152 Å². The summed E-state index contributed by atoms with van der Waals surface area (Å²) >= 11 is 0. The molecule has 2 atom stereocenters. The third kappa shape index (κ3) is 8.11. The van der Waals surface area contributed by atoms with Crippen LogP contribution in [0.2, 0.25) is 0 Å². The van der Waals surface area contributed by atoms with E-state index in [0.717, 1.165) is 18.2 Å². The number of nitrogens with zero attached hydrogens (tertiary/aromatic N) is 1. The minimum atomic E-state index is -3.16. The Morgan fingerprint density at radius 1 is 1.37 bits per heavy atom. The van der Waals surface area contributed by atoms with Gasteiger partial charge in [0.1, 0.15) is 18.4 Å². The van der Waals surface area contributed by atoms with Crippen molar-refractivity contribution in [3.05, 3.63) is 28.3 Å². The largest absolute Gasteiger partial charge is 0.484 e. The van der Waals surface area contributed by atoms with Crippen molar-refractivity contribution in [3.63, 3.8) is 0 Å². The summed E-state index contributed by atoms with van der Waals surface area (Å²) < 4.78 is 38.9. The van der Waals surface area contributed by atoms with E-state index in [2.05, 4.69) is 10.1 Å². The minimum absolute atomic E-state index is 0.401. The summed E-state index contributed by atoms with van der Waals surface area (Å²) in [5, 5.41) is 32.1. The average molecular weight is 394 g/mol. The second-order valence-corrected chi connectivity index (χ2v) is 6.22. The zero-order valence-corrected chi connectivity index (χ0v) is 14.7. The number of nitro benzene ring substituents is 1. The number of ether oxygens (including phenoxy) is 3. The zero-order valence-electron chi connectivity index (χ0n) is 14.7. The van der Waals surface area contributed by atoms with Gasteiger partial charge < -0.3 is 24.4 Å². The van der Waals surface area contributed by atoms with E-state index in [1.54, 1.807) is 20.8 Å². The van der Waals surface area contributed by atoms with E-state index in [1.165, 1.54) is 0 Å². The average Bonchev–Trinajstić information content (AvgIpc) is 2.48. The standard InChI is InChI=1S/C15H20F2N2O8/c1-15(2,3)27-14(22)18-9(12(20)21)7-25-11-6-8(26-13(16)17)4-5-10(11)19(23)24/h4-6,9,13-14,18,22H,7H2,1-3H3,(H,20,21)/t9-,14?/m0/s1. The van der Waals surface area contributed by atoms with Crippen molar-refractivity contribution in [2.24, 2.45) is 0 Å². The van der Waals surface area contributed by atoms with Crippen molar-refractivity contribution in [1.29, 1.82) is 0 Å². The van der Waals surface area contributed by atoms with Gasteiger partial charge in [0.15, 0.2) is 0 Å². The van der Waals surface area contributed by atoms with Gasteiger partial charge in [-0.3, -0.25) is 20.2 Å². The molecule has 0 fully saturated rings. The molecule has 0 radical (unpaired) electrons. The van der Waals surface area contributed by atoms with Gasteiger partial charge in [0.2, 0.25) is 12.2 Å². The van der Waals surface area contributed by atoms with Crippen LogP contribution in [0.25, 0.3) is 0 Å². The van der Waals surface area contributed by atoms with Crippen LogP contribution in [0, 0.1) is 10.1 Å². The van der Waals surface area contributed by atoms with Crippen molar-refractivity contribution in [2.45, 2.75) is 45.4 Å². The molecule has 0 heterocycles. The number of alkyl halides is 2. The summed E-state index contributed by atoms with van der Waals surface area (Å²) in [5.41, 5.74) is -1.36. The predicted octanol–water partition coefficient (Wildman–Crippen LogP) is 1.71. The summed E-state index contributed by atoms with van der Waals surface area (Å²) in [7, 11) is 0. The monoisotopic (exact) mass is 394 g/mol. The molecule has 10 nitrogen and oxygen atoms in total. The van der Waals surface area contributed by atoms with Crippen LogP contribution in [-0.4, -0.2) is 52.4 Å². The topological polar surface area (TPSA) is 140 Å². The first-order chi connectivity index (χ1) is 12.4. The molecular weight excluding hydrogens is 374 g/mol. The lowest BCUT2D eigenvalue weighted by Crippen LogP contribution is -2.49. The number of aliphatic hydroxyl groups excluding tert-OH is 1. The van der Waals surface area contributed by atoms with E-state index in [4.69, 9.17) is 9.47 Å². The van der Waals surface area contributed by atoms with Crippen LogP contribution in [-0.2, 0) is 9.53 Å². The van der Waals surface area contributed by atoms with Crippen molar-refractivity contribution in [2.75, 3.05) is 6.61 Å². The molecule has 0 spiro atoms. The molecule has 0 saturated carbocycles. The Balaban J connectivity index is 2.90. The molecule has 1 aromatic rings. The van der Waals surface area contributed by atoms with Gasteiger partial charge in [0.25, 0.3) is 0 Å². The van der Waals surface area contributed by atoms with Crippen LogP contribution in [0.1, 0.15) is 20.8 Å². The molecule has 0 aliphatic carbocycles. The van der Waals surface area contributed by atoms with E-state index in [-0.39, 0.29) is 0 Å². The molecule has 0 aromatic heterocycles. The predicted molar refractivity (Wildman–Crippen MR) is 86.6 cm³/mol. The first kappa shape index (κ1) is 22.5. The summed E-state index contributed by atoms with van der Waals surface area (Å²) in [6.07, 6.45) is -1.65. The molecule has 1 aromatic carbocycles. The van der Waals surface area contributed by atoms with Gasteiger partial charge in [-0.2, -0.15) is 8.78 Å². The van der Waals surface area contributed by atoms with Crippen molar-refractivity contribution in [3.8, 4) is 11.5 Å². The quantitative estimate of drug-likeness (QED) is 0.307. The van der Waals surface area contributed by atoms with Gasteiger partial charge >= 0.3 is 18.3 Å². The lowest BCUT2D eigenvalue weighted by atomic mass is 10.2. The van der Waals surface area contributed by atoms with Gasteiger partial charge in [0.05, 0.1) is 10.5 Å². The SMILES string of the molecule is CC(C)(C)OC(O)N[C@@H](COc1cc(OC(F)F)ccc1[N+](=O)[O-])C(=O)O. The van der Waals surface area contributed by atoms with Crippen LogP contribution in [0.15, 0.2) is 18.2 Å². The maximum atomic E-state index is 12.3. The van der Waals surface area contributed by atoms with Gasteiger partial charge in [-0.05, 0) is 26.8 Å². The highest BCUT2D eigenvalue weighted by Crippen LogP contribution is 2.32. The molecule has 0 aliphatic rings. The molecule has 0 bridgehead atoms. The number of aliphatic carboxylic acids is 1. The van der Waals surface area contributed by atoms with E-state index in [9.17, 15) is 33.9 Å². The molecule has 12 heteroatoms. The number of nitro groups is 1. The first-order valence-corrected chi connectivity index (χ1v) is 7.60. The van der Waals surface area contributed by atoms with E-state index >= 15 is 0 Å². The number of hydrogen-bond donors (Lipinski definition) is 3. The fraction of sp³-hybridized carbons (Fsp3) is 0.533. The minimum Gasteiger partial charge on any atom is -0.484 e. The fourth-order valence-electron chi connectivity index (χ4n) is 1.84. The van der Waals surface area contributed by atoms with Gasteiger partial charge in [-0.25, -0.2) is 0 Å². The molecule has 0 amide bonds. The summed E-state index contributed by atoms with van der Waals surface area (Å²) in [6.45, 7) is 1.06. The molecule has 3 N–H and O–H groups in total. The molecule has 1 unspecified atom stereocenters. The highest BCUT2D eigenvalue weighted by atomic mass is 19.3. The number of hydrogen-bond acceptors (Lipinski definition) is 8. The van der Waals surface area contributed by atoms with Crippen LogP contribution >= 0.6 is 0 Å². The summed E-state index contributed by atoms with van der Waals surface area (Å²) in [4.78, 5) is 21.5. The number of aliphatic hydroxyl groups is 1. The molecule has 1 rings (SSSR count). The Kier molecular flexibility index (Phi) is 7.82. The maximum absolute atomic E-state index is 12.3. The second-order valence-electron chi connectivity index (χ2n) is 6.22. The molecule has 0 aliphatic heterocycles. The molecule has 152 valence electrons. The van der Waals surface area contributed by atoms with E-state index in [1.807, 2.05) is 0 Å². The van der Waals surface area contributed by atoms with Crippen molar-refractivity contribution in [1.82, 2.24) is 5.32 Å². The summed E-state index contributed by atoms with van der Waals surface area (Å²) in [5.74, 6) is -2.31. The van der Waals surface area contributed by atoms with Crippen LogP contribution in [0.3, 0.4) is 0 Å². The second kappa shape index (κ2) is 9.39. The Bertz CT molecular complexity index is 666. The Morgan fingerprint density at radius 3 is 2.48 bits per heavy atom. The van der Waals surface area contributed by atoms with Gasteiger partial charge in [0, 0.05) is 12.1 Å². The number of rotatable bonds is 10.